The van der Waals surface area contributed by atoms with Gasteiger partial charge in [0, 0.05) is 5.69 Å². The van der Waals surface area contributed by atoms with Crippen LogP contribution in [-0.2, 0) is 4.79 Å². The minimum atomic E-state index is -0.580. The molecule has 4 nitrogen and oxygen atoms in total. The van der Waals surface area contributed by atoms with Crippen LogP contribution in [0.1, 0.15) is 26.3 Å². The number of hydrogen-bond donors (Lipinski definition) is 1. The average Bonchev–Trinajstić information content (AvgIpc) is 2.54. The molecule has 0 saturated heterocycles. The van der Waals surface area contributed by atoms with Gasteiger partial charge in [0.05, 0.1) is 6.61 Å². The first-order chi connectivity index (χ1) is 11.4. The quantitative estimate of drug-likeness (QED) is 0.818. The third-order valence-corrected chi connectivity index (χ3v) is 3.38. The van der Waals surface area contributed by atoms with Gasteiger partial charge in [-0.15, -0.1) is 0 Å². The van der Waals surface area contributed by atoms with Crippen LogP contribution in [0, 0.1) is 12.8 Å². The number of anilines is 1. The van der Waals surface area contributed by atoms with Crippen LogP contribution in [0.5, 0.6) is 11.5 Å². The molecule has 0 aliphatic carbocycles. The summed E-state index contributed by atoms with van der Waals surface area (Å²) in [6.45, 7) is 8.60. The molecular formula is C20H25NO3. The zero-order valence-electron chi connectivity index (χ0n) is 14.7. The lowest BCUT2D eigenvalue weighted by atomic mass is 10.2. The Hall–Kier alpha value is -2.49. The Bertz CT molecular complexity index is 665. The number of amides is 1. The Kier molecular flexibility index (Phi) is 6.24. The van der Waals surface area contributed by atoms with E-state index in [4.69, 9.17) is 9.47 Å². The van der Waals surface area contributed by atoms with Gasteiger partial charge in [0.25, 0.3) is 5.91 Å². The molecule has 0 aliphatic heterocycles. The van der Waals surface area contributed by atoms with E-state index in [-0.39, 0.29) is 5.91 Å². The molecule has 0 heterocycles. The van der Waals surface area contributed by atoms with Crippen LogP contribution < -0.4 is 14.8 Å². The van der Waals surface area contributed by atoms with Crippen LogP contribution in [0.2, 0.25) is 0 Å². The Labute approximate surface area is 143 Å². The van der Waals surface area contributed by atoms with E-state index >= 15 is 0 Å². The van der Waals surface area contributed by atoms with E-state index in [1.807, 2.05) is 55.5 Å². The van der Waals surface area contributed by atoms with E-state index in [0.717, 1.165) is 17.0 Å². The molecule has 0 radical (unpaired) electrons. The van der Waals surface area contributed by atoms with Gasteiger partial charge in [-0.25, -0.2) is 0 Å². The molecule has 1 unspecified atom stereocenters. The lowest BCUT2D eigenvalue weighted by Crippen LogP contribution is -2.30. The number of hydrogen-bond acceptors (Lipinski definition) is 3. The highest BCUT2D eigenvalue weighted by atomic mass is 16.5. The van der Waals surface area contributed by atoms with Crippen molar-refractivity contribution in [2.75, 3.05) is 11.9 Å². The molecule has 2 aromatic rings. The van der Waals surface area contributed by atoms with Gasteiger partial charge in [0.15, 0.2) is 6.10 Å². The minimum absolute atomic E-state index is 0.188. The second-order valence-corrected chi connectivity index (χ2v) is 6.30. The number of benzene rings is 2. The second kappa shape index (κ2) is 8.39. The lowest BCUT2D eigenvalue weighted by Gasteiger charge is -2.15. The first-order valence-electron chi connectivity index (χ1n) is 8.21. The molecule has 0 spiro atoms. The third-order valence-electron chi connectivity index (χ3n) is 3.38. The summed E-state index contributed by atoms with van der Waals surface area (Å²) < 4.78 is 11.3. The van der Waals surface area contributed by atoms with Gasteiger partial charge in [-0.3, -0.25) is 4.79 Å². The standard InChI is InChI=1S/C20H25NO3/c1-14(2)13-23-18-10-8-17(9-11-18)21-20(22)16(4)24-19-7-5-6-15(3)12-19/h5-12,14,16H,13H2,1-4H3,(H,21,22). The van der Waals surface area contributed by atoms with Gasteiger partial charge in [-0.2, -0.15) is 0 Å². The molecule has 1 atom stereocenters. The number of aryl methyl sites for hydroxylation is 1. The number of carbonyl (C=O) groups excluding carboxylic acids is 1. The monoisotopic (exact) mass is 327 g/mol. The minimum Gasteiger partial charge on any atom is -0.493 e. The summed E-state index contributed by atoms with van der Waals surface area (Å²) >= 11 is 0. The summed E-state index contributed by atoms with van der Waals surface area (Å²) in [5.74, 6) is 1.78. The van der Waals surface area contributed by atoms with Gasteiger partial charge in [0.2, 0.25) is 0 Å². The maximum atomic E-state index is 12.2. The normalized spacial score (nSPS) is 11.9. The predicted molar refractivity (Wildman–Crippen MR) is 96.7 cm³/mol. The van der Waals surface area contributed by atoms with Crippen LogP contribution in [0.4, 0.5) is 5.69 Å². The lowest BCUT2D eigenvalue weighted by molar-refractivity contribution is -0.122. The summed E-state index contributed by atoms with van der Waals surface area (Å²) in [7, 11) is 0. The number of rotatable bonds is 7. The first kappa shape index (κ1) is 17.9. The summed E-state index contributed by atoms with van der Waals surface area (Å²) in [6.07, 6.45) is -0.580. The highest BCUT2D eigenvalue weighted by Crippen LogP contribution is 2.18. The Morgan fingerprint density at radius 2 is 1.75 bits per heavy atom. The van der Waals surface area contributed by atoms with E-state index < -0.39 is 6.10 Å². The zero-order valence-corrected chi connectivity index (χ0v) is 14.7. The Morgan fingerprint density at radius 1 is 1.04 bits per heavy atom. The molecule has 0 fully saturated rings. The highest BCUT2D eigenvalue weighted by Gasteiger charge is 2.15. The molecule has 2 rings (SSSR count). The Balaban J connectivity index is 1.89. The van der Waals surface area contributed by atoms with Crippen molar-refractivity contribution in [2.24, 2.45) is 5.92 Å². The molecule has 2 aromatic carbocycles. The number of ether oxygens (including phenoxy) is 2. The van der Waals surface area contributed by atoms with Crippen LogP contribution in [-0.4, -0.2) is 18.6 Å². The summed E-state index contributed by atoms with van der Waals surface area (Å²) in [5, 5.41) is 2.85. The third kappa shape index (κ3) is 5.61. The zero-order chi connectivity index (χ0) is 17.5. The Morgan fingerprint density at radius 3 is 2.38 bits per heavy atom. The molecule has 0 aromatic heterocycles. The van der Waals surface area contributed by atoms with Crippen molar-refractivity contribution in [3.8, 4) is 11.5 Å². The molecule has 0 bridgehead atoms. The molecule has 1 amide bonds. The van der Waals surface area contributed by atoms with E-state index in [1.54, 1.807) is 6.92 Å². The van der Waals surface area contributed by atoms with Crippen LogP contribution in [0.3, 0.4) is 0 Å². The van der Waals surface area contributed by atoms with Crippen LogP contribution in [0.25, 0.3) is 0 Å². The fraction of sp³-hybridized carbons (Fsp3) is 0.350. The molecule has 0 aliphatic rings. The second-order valence-electron chi connectivity index (χ2n) is 6.30. The van der Waals surface area contributed by atoms with Crippen molar-refractivity contribution in [2.45, 2.75) is 33.8 Å². The maximum Gasteiger partial charge on any atom is 0.265 e. The van der Waals surface area contributed by atoms with Crippen molar-refractivity contribution >= 4 is 11.6 Å². The van der Waals surface area contributed by atoms with Crippen LogP contribution >= 0.6 is 0 Å². The fourth-order valence-corrected chi connectivity index (χ4v) is 2.09. The van der Waals surface area contributed by atoms with E-state index in [2.05, 4.69) is 19.2 Å². The van der Waals surface area contributed by atoms with Gasteiger partial charge >= 0.3 is 0 Å². The largest absolute Gasteiger partial charge is 0.493 e. The van der Waals surface area contributed by atoms with Gasteiger partial charge in [-0.1, -0.05) is 26.0 Å². The van der Waals surface area contributed by atoms with Gasteiger partial charge < -0.3 is 14.8 Å². The van der Waals surface area contributed by atoms with E-state index in [0.29, 0.717) is 18.3 Å². The topological polar surface area (TPSA) is 47.6 Å². The van der Waals surface area contributed by atoms with Crippen molar-refractivity contribution < 1.29 is 14.3 Å². The number of carbonyl (C=O) groups is 1. The smallest absolute Gasteiger partial charge is 0.265 e. The summed E-state index contributed by atoms with van der Waals surface area (Å²) in [5.41, 5.74) is 1.81. The molecule has 4 heteroatoms. The summed E-state index contributed by atoms with van der Waals surface area (Å²) in [4.78, 5) is 12.2. The molecule has 24 heavy (non-hydrogen) atoms. The molecule has 1 N–H and O–H groups in total. The molecule has 0 saturated carbocycles. The molecular weight excluding hydrogens is 302 g/mol. The molecule has 128 valence electrons. The van der Waals surface area contributed by atoms with Crippen molar-refractivity contribution in [1.82, 2.24) is 0 Å². The van der Waals surface area contributed by atoms with E-state index in [1.165, 1.54) is 0 Å². The van der Waals surface area contributed by atoms with Crippen molar-refractivity contribution in [1.29, 1.82) is 0 Å². The van der Waals surface area contributed by atoms with Crippen molar-refractivity contribution in [3.05, 3.63) is 54.1 Å². The fourth-order valence-electron chi connectivity index (χ4n) is 2.09. The highest BCUT2D eigenvalue weighted by molar-refractivity contribution is 5.94. The average molecular weight is 327 g/mol. The maximum absolute atomic E-state index is 12.2. The van der Waals surface area contributed by atoms with E-state index in [9.17, 15) is 4.79 Å². The van der Waals surface area contributed by atoms with Gasteiger partial charge in [-0.05, 0) is 61.7 Å². The number of nitrogens with one attached hydrogen (secondary N) is 1. The predicted octanol–water partition coefficient (Wildman–Crippen LogP) is 4.44. The van der Waals surface area contributed by atoms with Crippen molar-refractivity contribution in [3.63, 3.8) is 0 Å². The first-order valence-corrected chi connectivity index (χ1v) is 8.21. The summed E-state index contributed by atoms with van der Waals surface area (Å²) in [6, 6.07) is 15.0. The van der Waals surface area contributed by atoms with Gasteiger partial charge in [0.1, 0.15) is 11.5 Å². The SMILES string of the molecule is Cc1cccc(OC(C)C(=O)Nc2ccc(OCC(C)C)cc2)c1. The van der Waals surface area contributed by atoms with Crippen LogP contribution in [0.15, 0.2) is 48.5 Å².